The molecule has 1 unspecified atom stereocenters. The van der Waals surface area contributed by atoms with E-state index in [1.54, 1.807) is 22.7 Å². The SMILES string of the molecule is OC(Cc1csc2ccccc12)c1cc2ccccc2s1. The number of aliphatic hydroxyl groups is 1. The fourth-order valence-electron chi connectivity index (χ4n) is 2.67. The third-order valence-corrected chi connectivity index (χ3v) is 5.98. The molecule has 0 amide bonds. The van der Waals surface area contributed by atoms with Gasteiger partial charge in [0.2, 0.25) is 0 Å². The van der Waals surface area contributed by atoms with Crippen molar-refractivity contribution in [1.82, 2.24) is 0 Å². The molecule has 3 heteroatoms. The molecule has 0 aliphatic heterocycles. The van der Waals surface area contributed by atoms with Crippen LogP contribution in [0.2, 0.25) is 0 Å². The monoisotopic (exact) mass is 310 g/mol. The van der Waals surface area contributed by atoms with Crippen LogP contribution >= 0.6 is 22.7 Å². The second kappa shape index (κ2) is 5.26. The third-order valence-electron chi connectivity index (χ3n) is 3.75. The number of hydrogen-bond acceptors (Lipinski definition) is 3. The summed E-state index contributed by atoms with van der Waals surface area (Å²) in [7, 11) is 0. The fraction of sp³-hybridized carbons (Fsp3) is 0.111. The molecular formula is C18H14OS2. The van der Waals surface area contributed by atoms with Gasteiger partial charge in [-0.3, -0.25) is 0 Å². The van der Waals surface area contributed by atoms with E-state index in [0.717, 1.165) is 4.88 Å². The van der Waals surface area contributed by atoms with Crippen molar-refractivity contribution in [3.05, 3.63) is 70.4 Å². The van der Waals surface area contributed by atoms with Crippen molar-refractivity contribution >= 4 is 42.8 Å². The van der Waals surface area contributed by atoms with Crippen LogP contribution in [0.3, 0.4) is 0 Å². The van der Waals surface area contributed by atoms with Crippen LogP contribution in [-0.4, -0.2) is 5.11 Å². The Kier molecular flexibility index (Phi) is 3.26. The highest BCUT2D eigenvalue weighted by atomic mass is 32.1. The van der Waals surface area contributed by atoms with Gasteiger partial charge in [-0.2, -0.15) is 0 Å². The molecule has 0 saturated heterocycles. The summed E-state index contributed by atoms with van der Waals surface area (Å²) in [6.07, 6.45) is 0.247. The van der Waals surface area contributed by atoms with Crippen LogP contribution in [0.5, 0.6) is 0 Å². The van der Waals surface area contributed by atoms with Crippen LogP contribution in [0.25, 0.3) is 20.2 Å². The summed E-state index contributed by atoms with van der Waals surface area (Å²) < 4.78 is 2.53. The highest BCUT2D eigenvalue weighted by Gasteiger charge is 2.14. The minimum Gasteiger partial charge on any atom is -0.387 e. The summed E-state index contributed by atoms with van der Waals surface area (Å²) in [6, 6.07) is 18.8. The average Bonchev–Trinajstić information content (AvgIpc) is 3.11. The molecule has 0 fully saturated rings. The Hall–Kier alpha value is -1.68. The van der Waals surface area contributed by atoms with Gasteiger partial charge in [0.25, 0.3) is 0 Å². The summed E-state index contributed by atoms with van der Waals surface area (Å²) in [5.41, 5.74) is 1.24. The molecule has 4 aromatic rings. The molecule has 0 aliphatic rings. The summed E-state index contributed by atoms with van der Waals surface area (Å²) in [4.78, 5) is 1.05. The molecule has 0 spiro atoms. The zero-order valence-corrected chi connectivity index (χ0v) is 13.0. The number of benzene rings is 2. The Balaban J connectivity index is 1.67. The van der Waals surface area contributed by atoms with Crippen LogP contribution in [0.15, 0.2) is 60.0 Å². The molecular weight excluding hydrogens is 296 g/mol. The molecule has 2 aromatic heterocycles. The van der Waals surface area contributed by atoms with Gasteiger partial charge < -0.3 is 5.11 Å². The maximum atomic E-state index is 10.6. The van der Waals surface area contributed by atoms with Crippen molar-refractivity contribution in [2.24, 2.45) is 0 Å². The van der Waals surface area contributed by atoms with Crippen molar-refractivity contribution in [3.8, 4) is 0 Å². The van der Waals surface area contributed by atoms with Gasteiger partial charge in [-0.15, -0.1) is 22.7 Å². The Morgan fingerprint density at radius 3 is 2.57 bits per heavy atom. The zero-order valence-electron chi connectivity index (χ0n) is 11.3. The Morgan fingerprint density at radius 2 is 1.71 bits per heavy atom. The quantitative estimate of drug-likeness (QED) is 0.538. The molecule has 2 heterocycles. The molecule has 0 radical (unpaired) electrons. The van der Waals surface area contributed by atoms with Crippen LogP contribution in [0, 0.1) is 0 Å². The second-order valence-corrected chi connectivity index (χ2v) is 7.19. The maximum absolute atomic E-state index is 10.6. The van der Waals surface area contributed by atoms with E-state index >= 15 is 0 Å². The molecule has 21 heavy (non-hydrogen) atoms. The average molecular weight is 310 g/mol. The topological polar surface area (TPSA) is 20.2 Å². The highest BCUT2D eigenvalue weighted by molar-refractivity contribution is 7.19. The van der Waals surface area contributed by atoms with Crippen LogP contribution in [0.4, 0.5) is 0 Å². The first-order valence-electron chi connectivity index (χ1n) is 6.93. The van der Waals surface area contributed by atoms with Gasteiger partial charge in [-0.25, -0.2) is 0 Å². The van der Waals surface area contributed by atoms with Crippen LogP contribution < -0.4 is 0 Å². The first kappa shape index (κ1) is 13.0. The first-order chi connectivity index (χ1) is 10.3. The lowest BCUT2D eigenvalue weighted by Crippen LogP contribution is -1.98. The molecule has 1 atom stereocenters. The highest BCUT2D eigenvalue weighted by Crippen LogP contribution is 2.34. The standard InChI is InChI=1S/C18H14OS2/c19-15(18-10-12-5-1-3-7-16(12)21-18)9-13-11-20-17-8-4-2-6-14(13)17/h1-8,10-11,15,19H,9H2. The van der Waals surface area contributed by atoms with Crippen LogP contribution in [0.1, 0.15) is 16.5 Å². The lowest BCUT2D eigenvalue weighted by Gasteiger charge is -2.07. The van der Waals surface area contributed by atoms with Gasteiger partial charge in [0.05, 0.1) is 6.10 Å². The normalized spacial score (nSPS) is 13.0. The van der Waals surface area contributed by atoms with Crippen LogP contribution in [-0.2, 0) is 6.42 Å². The van der Waals surface area contributed by atoms with Gasteiger partial charge >= 0.3 is 0 Å². The van der Waals surface area contributed by atoms with Gasteiger partial charge in [0.15, 0.2) is 0 Å². The minimum absolute atomic E-state index is 0.430. The van der Waals surface area contributed by atoms with E-state index in [0.29, 0.717) is 6.42 Å². The zero-order chi connectivity index (χ0) is 14.2. The van der Waals surface area contributed by atoms with Crippen molar-refractivity contribution in [3.63, 3.8) is 0 Å². The summed E-state index contributed by atoms with van der Waals surface area (Å²) in [6.45, 7) is 0. The van der Waals surface area contributed by atoms with Crippen molar-refractivity contribution < 1.29 is 5.11 Å². The van der Waals surface area contributed by atoms with Crippen molar-refractivity contribution in [1.29, 1.82) is 0 Å². The number of aliphatic hydroxyl groups excluding tert-OH is 1. The minimum atomic E-state index is -0.430. The largest absolute Gasteiger partial charge is 0.387 e. The van der Waals surface area contributed by atoms with Gasteiger partial charge in [0, 0.05) is 20.7 Å². The maximum Gasteiger partial charge on any atom is 0.0923 e. The van der Waals surface area contributed by atoms with E-state index in [1.165, 1.54) is 25.7 Å². The molecule has 1 N–H and O–H groups in total. The Bertz CT molecular complexity index is 871. The summed E-state index contributed by atoms with van der Waals surface area (Å²) in [5, 5.41) is 15.2. The molecule has 2 aromatic carbocycles. The number of rotatable bonds is 3. The Morgan fingerprint density at radius 1 is 0.952 bits per heavy atom. The molecule has 0 aliphatic carbocycles. The number of hydrogen-bond donors (Lipinski definition) is 1. The third kappa shape index (κ3) is 2.38. The van der Waals surface area contributed by atoms with Crippen molar-refractivity contribution in [2.45, 2.75) is 12.5 Å². The first-order valence-corrected chi connectivity index (χ1v) is 8.62. The Labute approximate surface area is 131 Å². The predicted molar refractivity (Wildman–Crippen MR) is 92.3 cm³/mol. The van der Waals surface area contributed by atoms with E-state index in [2.05, 4.69) is 47.8 Å². The lowest BCUT2D eigenvalue weighted by atomic mass is 10.1. The molecule has 0 bridgehead atoms. The fourth-order valence-corrected chi connectivity index (χ4v) is 4.69. The van der Waals surface area contributed by atoms with Gasteiger partial charge in [0.1, 0.15) is 0 Å². The van der Waals surface area contributed by atoms with E-state index in [1.807, 2.05) is 12.1 Å². The van der Waals surface area contributed by atoms with E-state index < -0.39 is 6.10 Å². The summed E-state index contributed by atoms with van der Waals surface area (Å²) in [5.74, 6) is 0. The van der Waals surface area contributed by atoms with E-state index in [4.69, 9.17) is 0 Å². The lowest BCUT2D eigenvalue weighted by molar-refractivity contribution is 0.183. The van der Waals surface area contributed by atoms with E-state index in [-0.39, 0.29) is 0 Å². The molecule has 0 saturated carbocycles. The molecule has 1 nitrogen and oxygen atoms in total. The smallest absolute Gasteiger partial charge is 0.0923 e. The molecule has 104 valence electrons. The van der Waals surface area contributed by atoms with Gasteiger partial charge in [-0.05, 0) is 39.9 Å². The number of fused-ring (bicyclic) bond motifs is 2. The summed E-state index contributed by atoms with van der Waals surface area (Å²) >= 11 is 3.43. The second-order valence-electron chi connectivity index (χ2n) is 5.16. The predicted octanol–water partition coefficient (Wildman–Crippen LogP) is 5.39. The van der Waals surface area contributed by atoms with Gasteiger partial charge in [-0.1, -0.05) is 36.4 Å². The van der Waals surface area contributed by atoms with E-state index in [9.17, 15) is 5.11 Å². The number of thiophene rings is 2. The van der Waals surface area contributed by atoms with Crippen molar-refractivity contribution in [2.75, 3.05) is 0 Å². The molecule has 4 rings (SSSR count).